The normalized spacial score (nSPS) is 15.7. The summed E-state index contributed by atoms with van der Waals surface area (Å²) in [6.07, 6.45) is 0.307. The number of carbonyl (C=O) groups is 2. The molecular formula is C24H25ClF4N4O3. The van der Waals surface area contributed by atoms with E-state index in [2.05, 4.69) is 4.98 Å². The van der Waals surface area contributed by atoms with E-state index in [0.29, 0.717) is 37.5 Å². The highest BCUT2D eigenvalue weighted by Crippen LogP contribution is 2.40. The number of fused-ring (bicyclic) bond motifs is 1. The Kier molecular flexibility index (Phi) is 8.44. The van der Waals surface area contributed by atoms with Gasteiger partial charge in [-0.05, 0) is 54.7 Å². The average molecular weight is 529 g/mol. The average Bonchev–Trinajstić information content (AvgIpc) is 3.63. The summed E-state index contributed by atoms with van der Waals surface area (Å²) >= 11 is 6.48. The number of benzene rings is 1. The summed E-state index contributed by atoms with van der Waals surface area (Å²) in [5.41, 5.74) is 2.69. The summed E-state index contributed by atoms with van der Waals surface area (Å²) in [7, 11) is 0.500. The van der Waals surface area contributed by atoms with Crippen LogP contribution in [-0.4, -0.2) is 64.2 Å². The fourth-order valence-electron chi connectivity index (χ4n) is 3.73. The predicted molar refractivity (Wildman–Crippen MR) is 127 cm³/mol. The second-order valence-corrected chi connectivity index (χ2v) is 8.64. The van der Waals surface area contributed by atoms with Gasteiger partial charge in [0, 0.05) is 31.9 Å². The Hall–Kier alpha value is -3.34. The number of nitrogens with zero attached hydrogens (tertiary/aromatic N) is 4. The number of aromatic hydroxyl groups is 1. The molecule has 0 radical (unpaired) electrons. The van der Waals surface area contributed by atoms with Crippen LogP contribution in [0, 0.1) is 0 Å². The third-order valence-corrected chi connectivity index (χ3v) is 5.86. The first-order valence-corrected chi connectivity index (χ1v) is 11.4. The van der Waals surface area contributed by atoms with Gasteiger partial charge in [-0.1, -0.05) is 17.7 Å². The van der Waals surface area contributed by atoms with Gasteiger partial charge in [0.15, 0.2) is 5.69 Å². The van der Waals surface area contributed by atoms with Crippen LogP contribution in [0.4, 0.5) is 23.2 Å². The minimum absolute atomic E-state index is 0.0444. The van der Waals surface area contributed by atoms with Crippen molar-refractivity contribution in [2.45, 2.75) is 31.9 Å². The molecule has 0 spiro atoms. The molecule has 0 bridgehead atoms. The zero-order valence-corrected chi connectivity index (χ0v) is 20.4. The number of aromatic nitrogens is 2. The van der Waals surface area contributed by atoms with E-state index in [0.717, 1.165) is 0 Å². The lowest BCUT2D eigenvalue weighted by Crippen LogP contribution is -2.52. The van der Waals surface area contributed by atoms with E-state index in [9.17, 15) is 32.3 Å². The number of pyridine rings is 1. The predicted octanol–water partition coefficient (Wildman–Crippen LogP) is 5.21. The lowest BCUT2D eigenvalue weighted by atomic mass is 10.2. The van der Waals surface area contributed by atoms with Crippen LogP contribution in [0.15, 0.2) is 42.6 Å². The van der Waals surface area contributed by atoms with E-state index >= 15 is 0 Å². The van der Waals surface area contributed by atoms with E-state index in [1.807, 2.05) is 18.3 Å². The fraction of sp³-hybridized carbons (Fsp3) is 0.375. The third-order valence-electron chi connectivity index (χ3n) is 5.50. The van der Waals surface area contributed by atoms with Crippen molar-refractivity contribution >= 4 is 34.7 Å². The molecule has 12 heteroatoms. The number of phenolic OH excluding ortho intramolecular Hbond substituents is 1. The number of phenols is 1. The number of hydrogen-bond acceptors (Lipinski definition) is 4. The number of carbonyl (C=O) groups excluding carboxylic acids is 2. The van der Waals surface area contributed by atoms with Gasteiger partial charge in [0.1, 0.15) is 23.1 Å². The monoisotopic (exact) mass is 528 g/mol. The minimum Gasteiger partial charge on any atom is -0.508 e. The zero-order chi connectivity index (χ0) is 26.6. The van der Waals surface area contributed by atoms with Crippen molar-refractivity contribution in [3.05, 3.63) is 59.0 Å². The van der Waals surface area contributed by atoms with Crippen molar-refractivity contribution in [2.24, 2.45) is 0 Å². The first-order valence-electron chi connectivity index (χ1n) is 11.0. The van der Waals surface area contributed by atoms with Crippen molar-refractivity contribution in [2.75, 3.05) is 31.7 Å². The highest BCUT2D eigenvalue weighted by Gasteiger charge is 2.32. The molecule has 2 fully saturated rings. The Morgan fingerprint density at radius 3 is 2.25 bits per heavy atom. The van der Waals surface area contributed by atoms with Crippen LogP contribution < -0.4 is 4.90 Å². The quantitative estimate of drug-likeness (QED) is 0.473. The molecule has 1 aliphatic carbocycles. The molecule has 0 unspecified atom stereocenters. The van der Waals surface area contributed by atoms with E-state index < -0.39 is 6.18 Å². The van der Waals surface area contributed by atoms with Gasteiger partial charge >= 0.3 is 6.18 Å². The summed E-state index contributed by atoms with van der Waals surface area (Å²) in [6, 6.07) is 10.3. The molecule has 1 N–H and O–H groups in total. The maximum absolute atomic E-state index is 13.0. The molecular weight excluding hydrogens is 504 g/mol. The Balaban J connectivity index is 0.000000463. The van der Waals surface area contributed by atoms with Gasteiger partial charge in [-0.3, -0.25) is 18.4 Å². The first-order chi connectivity index (χ1) is 17.0. The SMILES string of the molecule is CC(F)(F)F.CF.O=C(c1nc2ccc(C3CC3)cn2c1Cl)N1CCN(c2ccc(O)cc2)C(=O)C1. The number of rotatable bonds is 3. The first kappa shape index (κ1) is 27.3. The molecule has 2 amide bonds. The second-order valence-electron chi connectivity index (χ2n) is 8.29. The molecule has 3 heterocycles. The summed E-state index contributed by atoms with van der Waals surface area (Å²) in [5, 5.41) is 9.70. The largest absolute Gasteiger partial charge is 0.508 e. The Morgan fingerprint density at radius 2 is 1.69 bits per heavy atom. The highest BCUT2D eigenvalue weighted by atomic mass is 35.5. The van der Waals surface area contributed by atoms with Crippen LogP contribution in [0.25, 0.3) is 5.65 Å². The zero-order valence-electron chi connectivity index (χ0n) is 19.6. The van der Waals surface area contributed by atoms with Crippen LogP contribution in [0.1, 0.15) is 41.7 Å². The van der Waals surface area contributed by atoms with Crippen LogP contribution in [0.2, 0.25) is 5.15 Å². The Morgan fingerprint density at radius 1 is 1.08 bits per heavy atom. The molecule has 0 atom stereocenters. The van der Waals surface area contributed by atoms with Gasteiger partial charge in [0.05, 0.1) is 7.18 Å². The number of alkyl halides is 4. The van der Waals surface area contributed by atoms with Gasteiger partial charge in [0.2, 0.25) is 5.91 Å². The summed E-state index contributed by atoms with van der Waals surface area (Å²) < 4.78 is 42.3. The molecule has 194 valence electrons. The summed E-state index contributed by atoms with van der Waals surface area (Å²) in [6.45, 7) is 0.888. The van der Waals surface area contributed by atoms with Gasteiger partial charge < -0.3 is 14.9 Å². The molecule has 3 aromatic rings. The maximum Gasteiger partial charge on any atom is 0.386 e. The molecule has 2 aliphatic rings. The lowest BCUT2D eigenvalue weighted by Gasteiger charge is -2.34. The van der Waals surface area contributed by atoms with E-state index in [1.165, 1.54) is 35.4 Å². The van der Waals surface area contributed by atoms with Crippen molar-refractivity contribution < 1.29 is 32.3 Å². The number of anilines is 1. The lowest BCUT2D eigenvalue weighted by molar-refractivity contribution is -0.120. The molecule has 5 rings (SSSR count). The van der Waals surface area contributed by atoms with Crippen molar-refractivity contribution in [1.29, 1.82) is 0 Å². The smallest absolute Gasteiger partial charge is 0.386 e. The number of amides is 2. The van der Waals surface area contributed by atoms with Gasteiger partial charge in [-0.2, -0.15) is 13.2 Å². The molecule has 2 aromatic heterocycles. The Bertz CT molecular complexity index is 1220. The standard InChI is InChI=1S/C21H19ClN4O3.C2H3F3.CH3F/c22-20-19(23-17-8-3-14(11-26(17)20)13-1-2-13)21(29)24-9-10-25(18(28)12-24)15-4-6-16(27)7-5-15;1-2(3,4)5;1-2/h3-8,11,13,27H,1-2,9-10,12H2;1H3;1H3. The van der Waals surface area contributed by atoms with E-state index in [1.54, 1.807) is 21.4 Å². The van der Waals surface area contributed by atoms with Crippen LogP contribution >= 0.6 is 11.6 Å². The molecule has 7 nitrogen and oxygen atoms in total. The van der Waals surface area contributed by atoms with Crippen LogP contribution in [-0.2, 0) is 4.79 Å². The van der Waals surface area contributed by atoms with Crippen LogP contribution in [0.5, 0.6) is 5.75 Å². The molecule has 1 aromatic carbocycles. The molecule has 1 saturated heterocycles. The number of halogens is 5. The number of piperazine rings is 1. The highest BCUT2D eigenvalue weighted by molar-refractivity contribution is 6.33. The van der Waals surface area contributed by atoms with E-state index in [-0.39, 0.29) is 41.9 Å². The number of hydrogen-bond donors (Lipinski definition) is 1. The molecule has 1 aliphatic heterocycles. The Labute approximate surface area is 209 Å². The summed E-state index contributed by atoms with van der Waals surface area (Å²) in [5.74, 6) is 0.181. The molecule has 1 saturated carbocycles. The van der Waals surface area contributed by atoms with Gasteiger partial charge in [0.25, 0.3) is 5.91 Å². The third kappa shape index (κ3) is 6.66. The van der Waals surface area contributed by atoms with Gasteiger partial charge in [-0.25, -0.2) is 4.98 Å². The second kappa shape index (κ2) is 11.2. The van der Waals surface area contributed by atoms with Gasteiger partial charge in [-0.15, -0.1) is 0 Å². The minimum atomic E-state index is -4.00. The molecule has 36 heavy (non-hydrogen) atoms. The van der Waals surface area contributed by atoms with Crippen molar-refractivity contribution in [3.8, 4) is 5.75 Å². The summed E-state index contributed by atoms with van der Waals surface area (Å²) in [4.78, 5) is 33.1. The van der Waals surface area contributed by atoms with Crippen LogP contribution in [0.3, 0.4) is 0 Å². The van der Waals surface area contributed by atoms with E-state index in [4.69, 9.17) is 11.6 Å². The van der Waals surface area contributed by atoms with Crippen molar-refractivity contribution in [3.63, 3.8) is 0 Å². The fourth-order valence-corrected chi connectivity index (χ4v) is 3.99. The number of imidazole rings is 1. The topological polar surface area (TPSA) is 78.2 Å². The van der Waals surface area contributed by atoms with Crippen molar-refractivity contribution in [1.82, 2.24) is 14.3 Å². The maximum atomic E-state index is 13.0.